The molecule has 0 unspecified atom stereocenters. The Morgan fingerprint density at radius 2 is 1.35 bits per heavy atom. The standard InChI is InChI=1S/C9H8O2.C3H3N3O3/c10-9(11)7-6-8-4-2-1-3-5-8;7-1-4-2(8)6-3(9)5-1/h1-7H,(H,10,11);(H3,4,5,6,7,8,9). The summed E-state index contributed by atoms with van der Waals surface area (Å²) in [6, 6.07) is 9.31. The predicted molar refractivity (Wildman–Crippen MR) is 71.4 cm³/mol. The van der Waals surface area contributed by atoms with Gasteiger partial charge in [-0.15, -0.1) is 0 Å². The van der Waals surface area contributed by atoms with Crippen molar-refractivity contribution in [2.45, 2.75) is 0 Å². The van der Waals surface area contributed by atoms with Crippen LogP contribution in [0.2, 0.25) is 0 Å². The number of carboxylic acids is 1. The van der Waals surface area contributed by atoms with E-state index in [4.69, 9.17) is 5.11 Å². The Labute approximate surface area is 111 Å². The zero-order valence-electron chi connectivity index (χ0n) is 10.1. The summed E-state index contributed by atoms with van der Waals surface area (Å²) in [4.78, 5) is 46.0. The summed E-state index contributed by atoms with van der Waals surface area (Å²) in [5, 5.41) is 8.29. The van der Waals surface area contributed by atoms with Crippen LogP contribution in [0.25, 0.3) is 6.08 Å². The Bertz CT molecular complexity index is 676. The van der Waals surface area contributed by atoms with Crippen molar-refractivity contribution in [3.8, 4) is 0 Å². The van der Waals surface area contributed by atoms with Crippen molar-refractivity contribution < 1.29 is 9.90 Å². The van der Waals surface area contributed by atoms with E-state index in [0.717, 1.165) is 11.6 Å². The Hall–Kier alpha value is -3.16. The molecule has 8 nitrogen and oxygen atoms in total. The molecule has 1 aromatic carbocycles. The highest BCUT2D eigenvalue weighted by atomic mass is 16.4. The minimum atomic E-state index is -0.922. The monoisotopic (exact) mass is 277 g/mol. The van der Waals surface area contributed by atoms with Gasteiger partial charge in [-0.1, -0.05) is 30.3 Å². The van der Waals surface area contributed by atoms with Crippen molar-refractivity contribution in [3.05, 3.63) is 73.4 Å². The van der Waals surface area contributed by atoms with Crippen molar-refractivity contribution in [2.24, 2.45) is 0 Å². The Balaban J connectivity index is 0.000000204. The minimum Gasteiger partial charge on any atom is -0.478 e. The van der Waals surface area contributed by atoms with E-state index in [2.05, 4.69) is 0 Å². The smallest absolute Gasteiger partial charge is 0.330 e. The van der Waals surface area contributed by atoms with E-state index in [1.165, 1.54) is 0 Å². The molecule has 8 heteroatoms. The largest absolute Gasteiger partial charge is 0.478 e. The molecule has 0 saturated carbocycles. The lowest BCUT2D eigenvalue weighted by molar-refractivity contribution is -0.131. The van der Waals surface area contributed by atoms with E-state index in [0.29, 0.717) is 0 Å². The SMILES string of the molecule is O=C(O)C=Cc1ccccc1.O=c1[nH]c(=O)[nH]c(=O)[nH]1. The summed E-state index contributed by atoms with van der Waals surface area (Å²) < 4.78 is 0. The highest BCUT2D eigenvalue weighted by Gasteiger charge is 1.86. The first-order valence-electron chi connectivity index (χ1n) is 5.36. The fourth-order valence-corrected chi connectivity index (χ4v) is 1.13. The molecule has 0 radical (unpaired) electrons. The van der Waals surface area contributed by atoms with Gasteiger partial charge in [0.25, 0.3) is 0 Å². The molecule has 1 heterocycles. The van der Waals surface area contributed by atoms with Crippen molar-refractivity contribution in [1.29, 1.82) is 0 Å². The molecule has 0 bridgehead atoms. The first-order valence-corrected chi connectivity index (χ1v) is 5.36. The number of benzene rings is 1. The second-order valence-corrected chi connectivity index (χ2v) is 3.44. The fourth-order valence-electron chi connectivity index (χ4n) is 1.13. The molecule has 0 aliphatic carbocycles. The molecule has 0 amide bonds. The molecule has 0 fully saturated rings. The third kappa shape index (κ3) is 5.96. The molecule has 20 heavy (non-hydrogen) atoms. The second kappa shape index (κ2) is 7.31. The molecular formula is C12H11N3O5. The molecule has 4 N–H and O–H groups in total. The zero-order valence-corrected chi connectivity index (χ0v) is 10.1. The highest BCUT2D eigenvalue weighted by Crippen LogP contribution is 1.99. The van der Waals surface area contributed by atoms with Crippen LogP contribution < -0.4 is 17.1 Å². The second-order valence-electron chi connectivity index (χ2n) is 3.44. The maximum atomic E-state index is 10.2. The van der Waals surface area contributed by atoms with Crippen molar-refractivity contribution in [1.82, 2.24) is 15.0 Å². The van der Waals surface area contributed by atoms with Crippen LogP contribution in [-0.4, -0.2) is 26.0 Å². The number of hydrogen-bond donors (Lipinski definition) is 4. The van der Waals surface area contributed by atoms with Gasteiger partial charge in [-0.2, -0.15) is 0 Å². The van der Waals surface area contributed by atoms with Crippen LogP contribution in [0.3, 0.4) is 0 Å². The van der Waals surface area contributed by atoms with Crippen LogP contribution in [0.4, 0.5) is 0 Å². The molecule has 0 atom stereocenters. The molecular weight excluding hydrogens is 266 g/mol. The fraction of sp³-hybridized carbons (Fsp3) is 0. The summed E-state index contributed by atoms with van der Waals surface area (Å²) in [7, 11) is 0. The number of carboxylic acid groups (broad SMARTS) is 1. The summed E-state index contributed by atoms with van der Waals surface area (Å²) in [6.45, 7) is 0. The van der Waals surface area contributed by atoms with Crippen LogP contribution in [0.15, 0.2) is 50.8 Å². The van der Waals surface area contributed by atoms with Gasteiger partial charge in [0.15, 0.2) is 0 Å². The lowest BCUT2D eigenvalue weighted by atomic mass is 10.2. The van der Waals surface area contributed by atoms with Gasteiger partial charge in [0.1, 0.15) is 0 Å². The van der Waals surface area contributed by atoms with Crippen LogP contribution in [-0.2, 0) is 4.79 Å². The number of carbonyl (C=O) groups is 1. The minimum absolute atomic E-state index is 0.802. The van der Waals surface area contributed by atoms with Crippen LogP contribution in [0, 0.1) is 0 Å². The Morgan fingerprint density at radius 3 is 1.75 bits per heavy atom. The van der Waals surface area contributed by atoms with Crippen LogP contribution in [0.5, 0.6) is 0 Å². The lowest BCUT2D eigenvalue weighted by Crippen LogP contribution is -2.34. The quantitative estimate of drug-likeness (QED) is 0.550. The van der Waals surface area contributed by atoms with Gasteiger partial charge in [0.05, 0.1) is 0 Å². The van der Waals surface area contributed by atoms with Gasteiger partial charge in [-0.25, -0.2) is 19.2 Å². The molecule has 2 rings (SSSR count). The number of nitrogens with one attached hydrogen (secondary N) is 3. The van der Waals surface area contributed by atoms with E-state index >= 15 is 0 Å². The molecule has 104 valence electrons. The molecule has 0 aliphatic rings. The van der Waals surface area contributed by atoms with E-state index in [9.17, 15) is 19.2 Å². The van der Waals surface area contributed by atoms with Gasteiger partial charge < -0.3 is 5.11 Å². The summed E-state index contributed by atoms with van der Waals surface area (Å²) in [6.07, 6.45) is 2.68. The number of aromatic nitrogens is 3. The third-order valence-corrected chi connectivity index (χ3v) is 1.90. The molecule has 2 aromatic rings. The third-order valence-electron chi connectivity index (χ3n) is 1.90. The first kappa shape index (κ1) is 14.9. The number of rotatable bonds is 2. The maximum Gasteiger partial charge on any atom is 0.330 e. The topological polar surface area (TPSA) is 136 Å². The van der Waals surface area contributed by atoms with Crippen molar-refractivity contribution >= 4 is 12.0 Å². The highest BCUT2D eigenvalue weighted by molar-refractivity contribution is 5.85. The van der Waals surface area contributed by atoms with Gasteiger partial charge in [-0.05, 0) is 11.6 Å². The average molecular weight is 277 g/mol. The number of aliphatic carboxylic acids is 1. The molecule has 1 aromatic heterocycles. The molecule has 0 aliphatic heterocycles. The molecule has 0 spiro atoms. The van der Waals surface area contributed by atoms with Gasteiger partial charge in [-0.3, -0.25) is 15.0 Å². The summed E-state index contributed by atoms with van der Waals surface area (Å²) in [5.41, 5.74) is -1.51. The van der Waals surface area contributed by atoms with E-state index in [1.54, 1.807) is 21.0 Å². The number of aromatic amines is 3. The molecule has 0 saturated heterocycles. The van der Waals surface area contributed by atoms with E-state index in [1.807, 2.05) is 30.3 Å². The van der Waals surface area contributed by atoms with Crippen molar-refractivity contribution in [3.63, 3.8) is 0 Å². The normalized spacial score (nSPS) is 9.80. The van der Waals surface area contributed by atoms with E-state index < -0.39 is 23.0 Å². The maximum absolute atomic E-state index is 10.2. The Kier molecular flexibility index (Phi) is 5.45. The van der Waals surface area contributed by atoms with Crippen LogP contribution in [0.1, 0.15) is 5.56 Å². The van der Waals surface area contributed by atoms with Crippen LogP contribution >= 0.6 is 0 Å². The predicted octanol–water partition coefficient (Wildman–Crippen LogP) is -0.464. The zero-order chi connectivity index (χ0) is 15.0. The van der Waals surface area contributed by atoms with Gasteiger partial charge in [0, 0.05) is 6.08 Å². The number of H-pyrrole nitrogens is 3. The van der Waals surface area contributed by atoms with Crippen molar-refractivity contribution in [2.75, 3.05) is 0 Å². The van der Waals surface area contributed by atoms with Gasteiger partial charge >= 0.3 is 23.0 Å². The van der Waals surface area contributed by atoms with Gasteiger partial charge in [0.2, 0.25) is 0 Å². The summed E-state index contributed by atoms with van der Waals surface area (Å²) >= 11 is 0. The Morgan fingerprint density at radius 1 is 0.900 bits per heavy atom. The summed E-state index contributed by atoms with van der Waals surface area (Å²) in [5.74, 6) is -0.922. The van der Waals surface area contributed by atoms with E-state index in [-0.39, 0.29) is 0 Å². The lowest BCUT2D eigenvalue weighted by Gasteiger charge is -1.87. The number of hydrogen-bond acceptors (Lipinski definition) is 4. The first-order chi connectivity index (χ1) is 9.47. The average Bonchev–Trinajstić information content (AvgIpc) is 2.36.